The van der Waals surface area contributed by atoms with Crippen molar-refractivity contribution in [3.8, 4) is 0 Å². The van der Waals surface area contributed by atoms with Crippen LogP contribution < -0.4 is 5.73 Å². The number of benzene rings is 1. The Kier molecular flexibility index (Phi) is 4.10. The van der Waals surface area contributed by atoms with Gasteiger partial charge in [0.1, 0.15) is 0 Å². The van der Waals surface area contributed by atoms with E-state index in [9.17, 15) is 4.79 Å². The minimum absolute atomic E-state index is 0.0921. The van der Waals surface area contributed by atoms with Crippen LogP contribution >= 0.6 is 0 Å². The van der Waals surface area contributed by atoms with Crippen molar-refractivity contribution in [1.29, 1.82) is 0 Å². The average Bonchev–Trinajstić information content (AvgIpc) is 2.59. The molecule has 4 heteroatoms. The molecule has 1 aliphatic rings. The molecule has 1 aromatic carbocycles. The molecule has 0 spiro atoms. The van der Waals surface area contributed by atoms with Crippen molar-refractivity contribution in [3.63, 3.8) is 0 Å². The number of anilines is 1. The second-order valence-corrected chi connectivity index (χ2v) is 5.65. The molecule has 1 heterocycles. The lowest BCUT2D eigenvalue weighted by atomic mass is 9.93. The predicted octanol–water partition coefficient (Wildman–Crippen LogP) is 2.25. The lowest BCUT2D eigenvalue weighted by molar-refractivity contribution is -0.176. The first-order valence-corrected chi connectivity index (χ1v) is 6.81. The van der Waals surface area contributed by atoms with Crippen LogP contribution in [0.4, 0.5) is 5.69 Å². The van der Waals surface area contributed by atoms with E-state index in [1.54, 1.807) is 5.06 Å². The number of rotatable bonds is 4. The molecule has 0 amide bonds. The first-order valence-electron chi connectivity index (χ1n) is 6.81. The van der Waals surface area contributed by atoms with E-state index in [1.807, 2.05) is 31.2 Å². The van der Waals surface area contributed by atoms with Crippen molar-refractivity contribution in [3.05, 3.63) is 29.8 Å². The second kappa shape index (κ2) is 5.61. The number of carbonyl (C=O) groups excluding carboxylic acids is 1. The van der Waals surface area contributed by atoms with E-state index in [0.29, 0.717) is 12.3 Å². The highest BCUT2D eigenvalue weighted by Crippen LogP contribution is 2.28. The topological polar surface area (TPSA) is 55.6 Å². The van der Waals surface area contributed by atoms with Crippen LogP contribution in [0, 0.1) is 11.8 Å². The molecule has 2 rings (SSSR count). The van der Waals surface area contributed by atoms with Crippen molar-refractivity contribution in [1.82, 2.24) is 5.06 Å². The maximum absolute atomic E-state index is 12.0. The summed E-state index contributed by atoms with van der Waals surface area (Å²) in [6.07, 6.45) is 0.640. The van der Waals surface area contributed by atoms with Gasteiger partial charge in [0.2, 0.25) is 0 Å². The Hall–Kier alpha value is -1.55. The molecular weight excluding hydrogens is 240 g/mol. The molecule has 0 bridgehead atoms. The van der Waals surface area contributed by atoms with E-state index in [0.717, 1.165) is 17.8 Å². The van der Waals surface area contributed by atoms with Crippen molar-refractivity contribution < 1.29 is 9.63 Å². The van der Waals surface area contributed by atoms with Crippen LogP contribution in [-0.4, -0.2) is 23.6 Å². The number of nitrogen functional groups attached to an aromatic ring is 1. The van der Waals surface area contributed by atoms with Gasteiger partial charge in [0.25, 0.3) is 0 Å². The molecular formula is C15H22N2O2. The number of hydrogen-bond acceptors (Lipinski definition) is 4. The minimum atomic E-state index is -0.142. The minimum Gasteiger partial charge on any atom is -0.399 e. The van der Waals surface area contributed by atoms with Crippen LogP contribution in [-0.2, 0) is 16.1 Å². The molecule has 0 aliphatic carbocycles. The second-order valence-electron chi connectivity index (χ2n) is 5.65. The van der Waals surface area contributed by atoms with Crippen LogP contribution in [0.25, 0.3) is 0 Å². The Bertz CT molecular complexity index is 459. The largest absolute Gasteiger partial charge is 0.399 e. The summed E-state index contributed by atoms with van der Waals surface area (Å²) in [6, 6.07) is 7.78. The molecule has 19 heavy (non-hydrogen) atoms. The van der Waals surface area contributed by atoms with E-state index < -0.39 is 0 Å². The summed E-state index contributed by atoms with van der Waals surface area (Å²) in [7, 11) is 0. The monoisotopic (exact) mass is 262 g/mol. The van der Waals surface area contributed by atoms with Crippen LogP contribution in [0.1, 0.15) is 26.3 Å². The summed E-state index contributed by atoms with van der Waals surface area (Å²) in [5, 5.41) is 1.80. The molecule has 2 unspecified atom stereocenters. The lowest BCUT2D eigenvalue weighted by Crippen LogP contribution is -2.33. The zero-order chi connectivity index (χ0) is 14.0. The molecule has 1 aliphatic heterocycles. The molecule has 1 saturated heterocycles. The molecule has 1 fully saturated rings. The Morgan fingerprint density at radius 2 is 2.05 bits per heavy atom. The normalized spacial score (nSPS) is 23.9. The highest BCUT2D eigenvalue weighted by Gasteiger charge is 2.40. The Labute approximate surface area is 114 Å². The number of hydrogen-bond donors (Lipinski definition) is 1. The third kappa shape index (κ3) is 3.07. The van der Waals surface area contributed by atoms with Crippen LogP contribution in [0.2, 0.25) is 0 Å². The lowest BCUT2D eigenvalue weighted by Gasteiger charge is -2.21. The van der Waals surface area contributed by atoms with Gasteiger partial charge in [-0.2, -0.15) is 0 Å². The van der Waals surface area contributed by atoms with Crippen LogP contribution in [0.5, 0.6) is 0 Å². The van der Waals surface area contributed by atoms with Gasteiger partial charge in [0.15, 0.2) is 0 Å². The first kappa shape index (κ1) is 13.9. The van der Waals surface area contributed by atoms with Gasteiger partial charge in [-0.3, -0.25) is 0 Å². The standard InChI is InChI=1S/C15H22N2O2/c1-10(2)9-17-11(3)13(15(18)19-17)8-12-6-4-5-7-14(12)16/h4-7,10-11,13H,8-9,16H2,1-3H3. The smallest absolute Gasteiger partial charge is 0.330 e. The third-order valence-electron chi connectivity index (χ3n) is 3.59. The van der Waals surface area contributed by atoms with Gasteiger partial charge in [-0.1, -0.05) is 32.0 Å². The summed E-state index contributed by atoms with van der Waals surface area (Å²) < 4.78 is 0. The van der Waals surface area contributed by atoms with Crippen LogP contribution in [0.3, 0.4) is 0 Å². The van der Waals surface area contributed by atoms with Crippen molar-refractivity contribution in [2.24, 2.45) is 11.8 Å². The van der Waals surface area contributed by atoms with E-state index in [-0.39, 0.29) is 17.9 Å². The summed E-state index contributed by atoms with van der Waals surface area (Å²) in [5.74, 6) is 0.190. The van der Waals surface area contributed by atoms with E-state index >= 15 is 0 Å². The van der Waals surface area contributed by atoms with Crippen LogP contribution in [0.15, 0.2) is 24.3 Å². The van der Waals surface area contributed by atoms with Gasteiger partial charge >= 0.3 is 5.97 Å². The maximum atomic E-state index is 12.0. The Morgan fingerprint density at radius 1 is 1.37 bits per heavy atom. The molecule has 1 aromatic rings. The van der Waals surface area contributed by atoms with Gasteiger partial charge in [0, 0.05) is 12.2 Å². The molecule has 0 saturated carbocycles. The SMILES string of the molecule is CC(C)CN1OC(=O)C(Cc2ccccc2N)C1C. The fourth-order valence-corrected chi connectivity index (χ4v) is 2.44. The number of hydroxylamine groups is 2. The number of para-hydroxylation sites is 1. The molecule has 0 radical (unpaired) electrons. The molecule has 4 nitrogen and oxygen atoms in total. The average molecular weight is 262 g/mol. The van der Waals surface area contributed by atoms with Gasteiger partial charge in [-0.25, -0.2) is 4.79 Å². The summed E-state index contributed by atoms with van der Waals surface area (Å²) in [5.41, 5.74) is 7.70. The number of nitrogens with two attached hydrogens (primary N) is 1. The molecule has 2 atom stereocenters. The third-order valence-corrected chi connectivity index (χ3v) is 3.59. The summed E-state index contributed by atoms with van der Waals surface area (Å²) in [6.45, 7) is 7.04. The maximum Gasteiger partial charge on any atom is 0.330 e. The fourth-order valence-electron chi connectivity index (χ4n) is 2.44. The zero-order valence-corrected chi connectivity index (χ0v) is 11.8. The molecule has 2 N–H and O–H groups in total. The van der Waals surface area contributed by atoms with Crippen molar-refractivity contribution in [2.75, 3.05) is 12.3 Å². The summed E-state index contributed by atoms with van der Waals surface area (Å²) in [4.78, 5) is 17.4. The van der Waals surface area contributed by atoms with Gasteiger partial charge in [0.05, 0.1) is 12.0 Å². The van der Waals surface area contributed by atoms with Gasteiger partial charge in [-0.05, 0) is 30.9 Å². The fraction of sp³-hybridized carbons (Fsp3) is 0.533. The zero-order valence-electron chi connectivity index (χ0n) is 11.8. The van der Waals surface area contributed by atoms with Gasteiger partial charge in [-0.15, -0.1) is 5.06 Å². The Balaban J connectivity index is 2.09. The summed E-state index contributed by atoms with van der Waals surface area (Å²) >= 11 is 0. The Morgan fingerprint density at radius 3 is 2.68 bits per heavy atom. The highest BCUT2D eigenvalue weighted by molar-refractivity contribution is 5.75. The highest BCUT2D eigenvalue weighted by atomic mass is 16.7. The van der Waals surface area contributed by atoms with Crippen molar-refractivity contribution >= 4 is 11.7 Å². The predicted molar refractivity (Wildman–Crippen MR) is 75.1 cm³/mol. The van der Waals surface area contributed by atoms with Gasteiger partial charge < -0.3 is 10.6 Å². The number of nitrogens with zero attached hydrogens (tertiary/aromatic N) is 1. The molecule has 104 valence electrons. The van der Waals surface area contributed by atoms with E-state index in [1.165, 1.54) is 0 Å². The number of carbonyl (C=O) groups is 1. The first-order chi connectivity index (χ1) is 8.99. The quantitative estimate of drug-likeness (QED) is 0.846. The van der Waals surface area contributed by atoms with E-state index in [4.69, 9.17) is 10.6 Å². The molecule has 0 aromatic heterocycles. The van der Waals surface area contributed by atoms with E-state index in [2.05, 4.69) is 13.8 Å². The van der Waals surface area contributed by atoms with Crippen molar-refractivity contribution in [2.45, 2.75) is 33.2 Å².